The zero-order valence-electron chi connectivity index (χ0n) is 10.3. The Morgan fingerprint density at radius 3 is 2.33 bits per heavy atom. The third kappa shape index (κ3) is 1.70. The first kappa shape index (κ1) is 11.0. The summed E-state index contributed by atoms with van der Waals surface area (Å²) in [7, 11) is 2.10. The van der Waals surface area contributed by atoms with Gasteiger partial charge < -0.3 is 0 Å². The maximum absolute atomic E-state index is 12.3. The quantitative estimate of drug-likeness (QED) is 0.545. The van der Waals surface area contributed by atoms with E-state index in [0.29, 0.717) is 0 Å². The Morgan fingerprint density at radius 2 is 1.61 bits per heavy atom. The van der Waals surface area contributed by atoms with Gasteiger partial charge in [-0.15, -0.1) is 0 Å². The molecule has 0 amide bonds. The van der Waals surface area contributed by atoms with Crippen LogP contribution in [0.5, 0.6) is 0 Å². The summed E-state index contributed by atoms with van der Waals surface area (Å²) < 4.78 is 0. The number of ketones is 1. The predicted octanol–water partition coefficient (Wildman–Crippen LogP) is 2.64. The molecule has 0 heterocycles. The number of rotatable bonds is 1. The number of carbonyl (C=O) groups excluding carboxylic acids is 1. The standard InChI is InChI=1S/C16H13BO/c17-15-12-8-4-5-9-13(12)16(18)14(15)10-11-6-2-1-3-7-11/h1-10,15H,17H2/b14-10+. The largest absolute Gasteiger partial charge is 0.289 e. The zero-order chi connectivity index (χ0) is 12.5. The number of Topliss-reactive ketones (excluding diaryl/α,β-unsaturated/α-hetero) is 1. The fourth-order valence-corrected chi connectivity index (χ4v) is 2.52. The van der Waals surface area contributed by atoms with Crippen molar-refractivity contribution in [2.45, 2.75) is 5.82 Å². The first-order valence-electron chi connectivity index (χ1n) is 6.17. The number of hydrogen-bond donors (Lipinski definition) is 0. The predicted molar refractivity (Wildman–Crippen MR) is 76.5 cm³/mol. The van der Waals surface area contributed by atoms with Crippen LogP contribution in [0.4, 0.5) is 0 Å². The van der Waals surface area contributed by atoms with Crippen LogP contribution in [0.15, 0.2) is 60.2 Å². The second kappa shape index (κ2) is 4.30. The minimum atomic E-state index is 0.168. The topological polar surface area (TPSA) is 17.1 Å². The van der Waals surface area contributed by atoms with Crippen LogP contribution in [0.3, 0.4) is 0 Å². The highest BCUT2D eigenvalue weighted by Gasteiger charge is 2.30. The molecule has 0 N–H and O–H groups in total. The molecule has 0 radical (unpaired) electrons. The van der Waals surface area contributed by atoms with Crippen molar-refractivity contribution in [2.24, 2.45) is 0 Å². The van der Waals surface area contributed by atoms with Gasteiger partial charge in [-0.3, -0.25) is 4.79 Å². The van der Waals surface area contributed by atoms with E-state index < -0.39 is 0 Å². The first-order valence-corrected chi connectivity index (χ1v) is 6.17. The number of carbonyl (C=O) groups is 1. The number of allylic oxidation sites excluding steroid dienone is 1. The van der Waals surface area contributed by atoms with Gasteiger partial charge in [0.1, 0.15) is 7.85 Å². The fraction of sp³-hybridized carbons (Fsp3) is 0.0625. The molecule has 2 aromatic rings. The lowest BCUT2D eigenvalue weighted by molar-refractivity contribution is 0.104. The van der Waals surface area contributed by atoms with Crippen LogP contribution in [0.1, 0.15) is 27.3 Å². The van der Waals surface area contributed by atoms with E-state index >= 15 is 0 Å². The minimum absolute atomic E-state index is 0.168. The van der Waals surface area contributed by atoms with Gasteiger partial charge in [0, 0.05) is 11.1 Å². The van der Waals surface area contributed by atoms with E-state index in [9.17, 15) is 4.79 Å². The van der Waals surface area contributed by atoms with Gasteiger partial charge in [0.15, 0.2) is 5.78 Å². The highest BCUT2D eigenvalue weighted by Crippen LogP contribution is 2.35. The van der Waals surface area contributed by atoms with Crippen molar-refractivity contribution in [2.75, 3.05) is 0 Å². The molecule has 1 atom stereocenters. The summed E-state index contributed by atoms with van der Waals surface area (Å²) in [5, 5.41) is 0. The molecular weight excluding hydrogens is 219 g/mol. The van der Waals surface area contributed by atoms with Crippen LogP contribution in [-0.2, 0) is 0 Å². The van der Waals surface area contributed by atoms with E-state index in [1.165, 1.54) is 0 Å². The third-order valence-electron chi connectivity index (χ3n) is 3.52. The van der Waals surface area contributed by atoms with Gasteiger partial charge in [-0.1, -0.05) is 54.6 Å². The molecule has 1 unspecified atom stereocenters. The molecule has 2 heteroatoms. The summed E-state index contributed by atoms with van der Waals surface area (Å²) >= 11 is 0. The SMILES string of the molecule is BC1/C(=C\c2ccccc2)C(=O)c2ccccc21. The summed E-state index contributed by atoms with van der Waals surface area (Å²) in [4.78, 5) is 12.3. The lowest BCUT2D eigenvalue weighted by Gasteiger charge is -2.05. The molecule has 1 aliphatic rings. The highest BCUT2D eigenvalue weighted by atomic mass is 16.1. The first-order chi connectivity index (χ1) is 8.77. The summed E-state index contributed by atoms with van der Waals surface area (Å²) in [5.41, 5.74) is 3.97. The number of hydrogen-bond acceptors (Lipinski definition) is 1. The van der Waals surface area contributed by atoms with Gasteiger partial charge in [-0.05, 0) is 23.0 Å². The molecule has 0 aliphatic heterocycles. The molecule has 3 rings (SSSR count). The third-order valence-corrected chi connectivity index (χ3v) is 3.52. The molecule has 0 spiro atoms. The van der Waals surface area contributed by atoms with E-state index in [-0.39, 0.29) is 11.6 Å². The minimum Gasteiger partial charge on any atom is -0.289 e. The maximum Gasteiger partial charge on any atom is 0.189 e. The molecule has 0 saturated carbocycles. The van der Waals surface area contributed by atoms with Gasteiger partial charge in [0.2, 0.25) is 0 Å². The molecule has 1 aliphatic carbocycles. The number of fused-ring (bicyclic) bond motifs is 1. The van der Waals surface area contributed by atoms with Crippen molar-refractivity contribution in [1.82, 2.24) is 0 Å². The average Bonchev–Trinajstić information content (AvgIpc) is 2.66. The van der Waals surface area contributed by atoms with Crippen LogP contribution in [0.2, 0.25) is 0 Å². The van der Waals surface area contributed by atoms with Crippen molar-refractivity contribution in [1.29, 1.82) is 0 Å². The van der Waals surface area contributed by atoms with E-state index in [4.69, 9.17) is 0 Å². The molecule has 2 aromatic carbocycles. The molecular formula is C16H13BO. The van der Waals surface area contributed by atoms with E-state index in [1.54, 1.807) is 0 Å². The summed E-state index contributed by atoms with van der Waals surface area (Å²) in [6, 6.07) is 17.9. The van der Waals surface area contributed by atoms with E-state index in [2.05, 4.69) is 7.85 Å². The Balaban J connectivity index is 2.07. The molecule has 86 valence electrons. The lowest BCUT2D eigenvalue weighted by Crippen LogP contribution is -1.99. The Kier molecular flexibility index (Phi) is 2.64. The summed E-state index contributed by atoms with van der Waals surface area (Å²) in [5.74, 6) is 0.357. The Morgan fingerprint density at radius 1 is 0.944 bits per heavy atom. The highest BCUT2D eigenvalue weighted by molar-refractivity contribution is 6.28. The number of benzene rings is 2. The Hall–Kier alpha value is -2.09. The fourth-order valence-electron chi connectivity index (χ4n) is 2.52. The van der Waals surface area contributed by atoms with Crippen molar-refractivity contribution >= 4 is 19.7 Å². The molecule has 18 heavy (non-hydrogen) atoms. The van der Waals surface area contributed by atoms with Crippen molar-refractivity contribution < 1.29 is 4.79 Å². The van der Waals surface area contributed by atoms with Crippen LogP contribution in [0, 0.1) is 0 Å². The van der Waals surface area contributed by atoms with Crippen LogP contribution >= 0.6 is 0 Å². The van der Waals surface area contributed by atoms with E-state index in [1.807, 2.05) is 60.7 Å². The Labute approximate surface area is 108 Å². The van der Waals surface area contributed by atoms with Gasteiger partial charge in [0.25, 0.3) is 0 Å². The summed E-state index contributed by atoms with van der Waals surface area (Å²) in [6.07, 6.45) is 2.01. The normalized spacial score (nSPS) is 20.1. The van der Waals surface area contributed by atoms with Gasteiger partial charge in [0.05, 0.1) is 0 Å². The monoisotopic (exact) mass is 232 g/mol. The molecule has 0 bridgehead atoms. The van der Waals surface area contributed by atoms with Crippen LogP contribution in [-0.4, -0.2) is 13.6 Å². The maximum atomic E-state index is 12.3. The smallest absolute Gasteiger partial charge is 0.189 e. The van der Waals surface area contributed by atoms with Gasteiger partial charge in [-0.2, -0.15) is 0 Å². The zero-order valence-corrected chi connectivity index (χ0v) is 10.3. The van der Waals surface area contributed by atoms with Crippen molar-refractivity contribution in [3.63, 3.8) is 0 Å². The van der Waals surface area contributed by atoms with Crippen molar-refractivity contribution in [3.8, 4) is 0 Å². The molecule has 0 fully saturated rings. The average molecular weight is 232 g/mol. The van der Waals surface area contributed by atoms with Gasteiger partial charge in [-0.25, -0.2) is 0 Å². The Bertz CT molecular complexity index is 629. The second-order valence-corrected chi connectivity index (χ2v) is 4.65. The van der Waals surface area contributed by atoms with Crippen LogP contribution < -0.4 is 0 Å². The molecule has 1 nitrogen and oxygen atoms in total. The second-order valence-electron chi connectivity index (χ2n) is 4.65. The van der Waals surface area contributed by atoms with E-state index in [0.717, 1.165) is 22.3 Å². The molecule has 0 aromatic heterocycles. The molecule has 0 saturated heterocycles. The van der Waals surface area contributed by atoms with Gasteiger partial charge >= 0.3 is 0 Å². The summed E-state index contributed by atoms with van der Waals surface area (Å²) in [6.45, 7) is 0. The lowest BCUT2D eigenvalue weighted by atomic mass is 9.79. The van der Waals surface area contributed by atoms with Crippen LogP contribution in [0.25, 0.3) is 6.08 Å². The van der Waals surface area contributed by atoms with Crippen molar-refractivity contribution in [3.05, 3.63) is 76.9 Å².